The number of aromatic amines is 1. The summed E-state index contributed by atoms with van der Waals surface area (Å²) in [6.45, 7) is 4.21. The Hall–Kier alpha value is -3.92. The van der Waals surface area contributed by atoms with E-state index in [2.05, 4.69) is 72.6 Å². The molecule has 1 aliphatic rings. The number of ether oxygens (including phenoxy) is 1. The molecule has 0 radical (unpaired) electrons. The van der Waals surface area contributed by atoms with E-state index >= 15 is 0 Å². The van der Waals surface area contributed by atoms with Crippen LogP contribution < -0.4 is 4.99 Å². The molecule has 0 unspecified atom stereocenters. The van der Waals surface area contributed by atoms with Crippen LogP contribution in [0.2, 0.25) is 0 Å². The van der Waals surface area contributed by atoms with E-state index in [0.29, 0.717) is 5.56 Å². The molecule has 0 fully saturated rings. The average Bonchev–Trinajstić information content (AvgIpc) is 3.38. The molecule has 4 aromatic rings. The molecule has 2 heterocycles. The summed E-state index contributed by atoms with van der Waals surface area (Å²) >= 11 is 0. The molecule has 1 aromatic heterocycles. The molecule has 0 atom stereocenters. The molecule has 2 N–H and O–H groups in total. The quantitative estimate of drug-likeness (QED) is 0.497. The van der Waals surface area contributed by atoms with Crippen molar-refractivity contribution in [1.29, 1.82) is 0 Å². The van der Waals surface area contributed by atoms with E-state index < -0.39 is 0 Å². The van der Waals surface area contributed by atoms with Gasteiger partial charge in [-0.3, -0.25) is 0 Å². The second kappa shape index (κ2) is 7.40. The minimum absolute atomic E-state index is 0.335. The van der Waals surface area contributed by atoms with Gasteiger partial charge in [-0.15, -0.1) is 0 Å². The number of aromatic nitrogens is 1. The Morgan fingerprint density at radius 2 is 1.61 bits per heavy atom. The minimum atomic E-state index is -0.335. The number of H-pyrrole nitrogens is 1. The first kappa shape index (κ1) is 19.1. The maximum atomic E-state index is 11.9. The second-order valence-electron chi connectivity index (χ2n) is 7.95. The van der Waals surface area contributed by atoms with Gasteiger partial charge in [-0.05, 0) is 49.7 Å². The Morgan fingerprint density at radius 1 is 0.903 bits per heavy atom. The number of aryl methyl sites for hydroxylation is 2. The highest BCUT2D eigenvalue weighted by Gasteiger charge is 2.25. The molecule has 0 saturated carbocycles. The van der Waals surface area contributed by atoms with Gasteiger partial charge in [0.05, 0.1) is 23.8 Å². The summed E-state index contributed by atoms with van der Waals surface area (Å²) in [4.78, 5) is 18.8. The number of allylic oxidation sites excluding steroid dienone is 1. The minimum Gasteiger partial charge on any atom is -0.465 e. The lowest BCUT2D eigenvalue weighted by molar-refractivity contribution is -0.342. The first-order valence-electron chi connectivity index (χ1n) is 10.3. The van der Waals surface area contributed by atoms with Gasteiger partial charge >= 0.3 is 5.97 Å². The van der Waals surface area contributed by atoms with Crippen LogP contribution in [0.1, 0.15) is 38.2 Å². The van der Waals surface area contributed by atoms with Crippen LogP contribution in [0.3, 0.4) is 0 Å². The van der Waals surface area contributed by atoms with E-state index in [1.165, 1.54) is 29.2 Å². The van der Waals surface area contributed by atoms with Crippen molar-refractivity contribution in [3.63, 3.8) is 0 Å². The first-order chi connectivity index (χ1) is 15.0. The Labute approximate surface area is 180 Å². The fraction of sp³-hybridized carbons (Fsp3) is 0.111. The molecule has 4 nitrogen and oxygen atoms in total. The van der Waals surface area contributed by atoms with Gasteiger partial charge in [-0.2, -0.15) is 0 Å². The lowest BCUT2D eigenvalue weighted by Crippen LogP contribution is -2.58. The van der Waals surface area contributed by atoms with Crippen LogP contribution in [0.25, 0.3) is 22.0 Å². The van der Waals surface area contributed by atoms with Crippen molar-refractivity contribution in [2.75, 3.05) is 7.11 Å². The molecule has 5 rings (SSSR count). The van der Waals surface area contributed by atoms with Crippen LogP contribution in [0.5, 0.6) is 0 Å². The molecule has 4 heteroatoms. The molecule has 1 aliphatic heterocycles. The lowest BCUT2D eigenvalue weighted by atomic mass is 9.89. The molecular formula is C27H23N2O2+. The number of carbonyl (C=O) groups is 1. The number of methoxy groups -OCH3 is 1. The molecule has 0 aliphatic carbocycles. The lowest BCUT2D eigenvalue weighted by Gasteiger charge is -2.11. The van der Waals surface area contributed by atoms with E-state index in [0.717, 1.165) is 33.5 Å². The molecular weight excluding hydrogens is 384 g/mol. The van der Waals surface area contributed by atoms with Crippen molar-refractivity contribution in [2.24, 2.45) is 0 Å². The van der Waals surface area contributed by atoms with Gasteiger partial charge < -0.3 is 9.72 Å². The molecule has 0 bridgehead atoms. The predicted octanol–water partition coefficient (Wildman–Crippen LogP) is 4.33. The zero-order chi connectivity index (χ0) is 21.5. The average molecular weight is 407 g/mol. The molecule has 3 aromatic carbocycles. The van der Waals surface area contributed by atoms with E-state index in [9.17, 15) is 4.79 Å². The SMILES string of the molecule is COC(=O)c1ccc(/C(=C2/C=[NH+]c3ccc(C)cc32)c2c[nH]c3ccc(C)cc23)cc1. The Balaban J connectivity index is 1.79. The summed E-state index contributed by atoms with van der Waals surface area (Å²) in [5.41, 5.74) is 10.7. The van der Waals surface area contributed by atoms with E-state index in [4.69, 9.17) is 4.74 Å². The third-order valence-electron chi connectivity index (χ3n) is 5.81. The smallest absolute Gasteiger partial charge is 0.337 e. The monoisotopic (exact) mass is 407 g/mol. The third kappa shape index (κ3) is 3.26. The van der Waals surface area contributed by atoms with Crippen LogP contribution in [-0.4, -0.2) is 24.3 Å². The Morgan fingerprint density at radius 3 is 2.39 bits per heavy atom. The van der Waals surface area contributed by atoms with Gasteiger partial charge in [0.2, 0.25) is 5.69 Å². The highest BCUT2D eigenvalue weighted by atomic mass is 16.5. The highest BCUT2D eigenvalue weighted by Crippen LogP contribution is 2.38. The van der Waals surface area contributed by atoms with Gasteiger partial charge in [0.1, 0.15) is 0 Å². The van der Waals surface area contributed by atoms with Crippen molar-refractivity contribution in [3.05, 3.63) is 100 Å². The topological polar surface area (TPSA) is 56.1 Å². The predicted molar refractivity (Wildman–Crippen MR) is 125 cm³/mol. The first-order valence-corrected chi connectivity index (χ1v) is 10.3. The molecule has 0 saturated heterocycles. The van der Waals surface area contributed by atoms with E-state index in [-0.39, 0.29) is 5.97 Å². The van der Waals surface area contributed by atoms with Crippen molar-refractivity contribution in [2.45, 2.75) is 13.8 Å². The standard InChI is InChI=1S/C27H22N2O2/c1-16-4-10-24-20(12-16)22(14-28-24)26(18-6-8-19(9-7-18)27(30)31-3)23-15-29-25-11-5-17(2)13-21(23)25/h4-15,28H,1-3H3/p+1/b26-23+. The summed E-state index contributed by atoms with van der Waals surface area (Å²) in [6, 6.07) is 20.5. The number of carbonyl (C=O) groups excluding carboxylic acids is 1. The highest BCUT2D eigenvalue weighted by molar-refractivity contribution is 6.25. The van der Waals surface area contributed by atoms with Gasteiger partial charge in [0.25, 0.3) is 0 Å². The van der Waals surface area contributed by atoms with Crippen LogP contribution in [-0.2, 0) is 4.74 Å². The summed E-state index contributed by atoms with van der Waals surface area (Å²) in [5, 5.41) is 1.18. The summed E-state index contributed by atoms with van der Waals surface area (Å²) in [5.74, 6) is -0.335. The van der Waals surface area contributed by atoms with E-state index in [1.807, 2.05) is 24.3 Å². The number of fused-ring (bicyclic) bond motifs is 2. The second-order valence-corrected chi connectivity index (χ2v) is 7.95. The summed E-state index contributed by atoms with van der Waals surface area (Å²) in [6.07, 6.45) is 4.14. The molecule has 152 valence electrons. The van der Waals surface area contributed by atoms with Crippen molar-refractivity contribution in [1.82, 2.24) is 4.98 Å². The summed E-state index contributed by atoms with van der Waals surface area (Å²) < 4.78 is 4.87. The zero-order valence-electron chi connectivity index (χ0n) is 17.7. The Bertz CT molecular complexity index is 1390. The normalized spacial score (nSPS) is 14.0. The van der Waals surface area contributed by atoms with Crippen molar-refractivity contribution in [3.8, 4) is 0 Å². The maximum Gasteiger partial charge on any atom is 0.337 e. The van der Waals surface area contributed by atoms with Gasteiger partial charge in [-0.1, -0.05) is 35.4 Å². The number of esters is 1. The van der Waals surface area contributed by atoms with Crippen molar-refractivity contribution < 1.29 is 14.5 Å². The zero-order valence-corrected chi connectivity index (χ0v) is 17.7. The number of nitrogens with one attached hydrogen (secondary N) is 2. The van der Waals surface area contributed by atoms with Crippen molar-refractivity contribution >= 4 is 39.9 Å². The Kier molecular flexibility index (Phi) is 4.55. The molecule has 0 amide bonds. The fourth-order valence-electron chi connectivity index (χ4n) is 4.23. The van der Waals surface area contributed by atoms with Gasteiger partial charge in [-0.25, -0.2) is 9.79 Å². The number of hydrogen-bond acceptors (Lipinski definition) is 2. The summed E-state index contributed by atoms with van der Waals surface area (Å²) in [7, 11) is 1.40. The molecule has 31 heavy (non-hydrogen) atoms. The largest absolute Gasteiger partial charge is 0.465 e. The maximum absolute atomic E-state index is 11.9. The van der Waals surface area contributed by atoms with Crippen LogP contribution >= 0.6 is 0 Å². The van der Waals surface area contributed by atoms with Gasteiger partial charge in [0, 0.05) is 34.3 Å². The fourth-order valence-corrected chi connectivity index (χ4v) is 4.23. The van der Waals surface area contributed by atoms with Crippen LogP contribution in [0.4, 0.5) is 5.69 Å². The molecule has 0 spiro atoms. The van der Waals surface area contributed by atoms with Crippen LogP contribution in [0, 0.1) is 13.8 Å². The van der Waals surface area contributed by atoms with E-state index in [1.54, 1.807) is 0 Å². The number of hydrogen-bond donors (Lipinski definition) is 2. The third-order valence-corrected chi connectivity index (χ3v) is 5.81. The number of benzene rings is 3. The number of rotatable bonds is 3. The van der Waals surface area contributed by atoms with Crippen LogP contribution in [0.15, 0.2) is 66.9 Å². The van der Waals surface area contributed by atoms with Gasteiger partial charge in [0.15, 0.2) is 6.21 Å².